The van der Waals surface area contributed by atoms with E-state index in [1.165, 1.54) is 14.2 Å². The summed E-state index contributed by atoms with van der Waals surface area (Å²) in [5.74, 6) is -0.270. The minimum absolute atomic E-state index is 0.243. The van der Waals surface area contributed by atoms with Crippen LogP contribution in [0.3, 0.4) is 0 Å². The largest absolute Gasteiger partial charge is 0.481 e. The van der Waals surface area contributed by atoms with Crippen LogP contribution in [0.25, 0.3) is 0 Å². The number of ether oxygens (including phenoxy) is 2. The van der Waals surface area contributed by atoms with E-state index in [1.807, 2.05) is 0 Å². The number of carboxylic acids is 1. The van der Waals surface area contributed by atoms with Crippen molar-refractivity contribution in [3.05, 3.63) is 35.4 Å². The minimum atomic E-state index is -0.981. The Morgan fingerprint density at radius 2 is 1.81 bits per heavy atom. The van der Waals surface area contributed by atoms with E-state index >= 15 is 0 Å². The number of rotatable bonds is 5. The fourth-order valence-corrected chi connectivity index (χ4v) is 2.70. The number of carboxylic acid groups (broad SMARTS) is 1. The maximum atomic E-state index is 11.4. The molecule has 0 radical (unpaired) electrons. The summed E-state index contributed by atoms with van der Waals surface area (Å²) in [7, 11) is 2.98. The number of nitrogens with zero attached hydrogens (tertiary/aromatic N) is 2. The van der Waals surface area contributed by atoms with E-state index in [4.69, 9.17) is 9.47 Å². The van der Waals surface area contributed by atoms with Gasteiger partial charge in [0, 0.05) is 4.90 Å². The van der Waals surface area contributed by atoms with E-state index in [9.17, 15) is 9.90 Å². The highest BCUT2D eigenvalue weighted by Gasteiger charge is 2.16. The summed E-state index contributed by atoms with van der Waals surface area (Å²) in [6.45, 7) is 1.75. The molecule has 0 spiro atoms. The van der Waals surface area contributed by atoms with Gasteiger partial charge in [-0.1, -0.05) is 12.1 Å². The van der Waals surface area contributed by atoms with Crippen molar-refractivity contribution in [1.29, 1.82) is 0 Å². The second-order valence-electron chi connectivity index (χ2n) is 4.09. The second-order valence-corrected chi connectivity index (χ2v) is 5.10. The molecule has 0 saturated carbocycles. The van der Waals surface area contributed by atoms with Gasteiger partial charge in [0.15, 0.2) is 5.16 Å². The molecular formula is C14H14N2O4S. The standard InChI is InChI=1S/C14H14N2O4S/c1-8-5-4-6-9(12(8)13(17)18)21-14-15-10(19-2)7-11(16-14)20-3/h4-7H,1-3H3,(H,17,18). The normalized spacial score (nSPS) is 10.2. The van der Waals surface area contributed by atoms with Crippen molar-refractivity contribution in [3.63, 3.8) is 0 Å². The van der Waals surface area contributed by atoms with E-state index < -0.39 is 5.97 Å². The molecule has 0 aliphatic carbocycles. The van der Waals surface area contributed by atoms with Gasteiger partial charge in [-0.2, -0.15) is 9.97 Å². The van der Waals surface area contributed by atoms with Gasteiger partial charge in [0.1, 0.15) is 0 Å². The summed E-state index contributed by atoms with van der Waals surface area (Å²) < 4.78 is 10.2. The fourth-order valence-electron chi connectivity index (χ4n) is 1.74. The van der Waals surface area contributed by atoms with Crippen LogP contribution in [0.2, 0.25) is 0 Å². The van der Waals surface area contributed by atoms with E-state index in [0.717, 1.165) is 11.8 Å². The van der Waals surface area contributed by atoms with E-state index in [2.05, 4.69) is 9.97 Å². The van der Waals surface area contributed by atoms with Crippen LogP contribution in [-0.2, 0) is 0 Å². The summed E-state index contributed by atoms with van der Waals surface area (Å²) in [4.78, 5) is 20.3. The molecule has 7 heteroatoms. The molecule has 0 fully saturated rings. The third-order valence-corrected chi connectivity index (χ3v) is 3.65. The Labute approximate surface area is 126 Å². The first kappa shape index (κ1) is 15.1. The Morgan fingerprint density at radius 1 is 1.19 bits per heavy atom. The zero-order chi connectivity index (χ0) is 15.4. The lowest BCUT2D eigenvalue weighted by Crippen LogP contribution is -2.02. The molecule has 6 nitrogen and oxygen atoms in total. The Hall–Kier alpha value is -2.28. The maximum Gasteiger partial charge on any atom is 0.337 e. The third-order valence-electron chi connectivity index (χ3n) is 2.73. The van der Waals surface area contributed by atoms with Crippen LogP contribution in [0.4, 0.5) is 0 Å². The zero-order valence-electron chi connectivity index (χ0n) is 11.8. The number of hydrogen-bond acceptors (Lipinski definition) is 6. The first-order valence-corrected chi connectivity index (χ1v) is 6.84. The molecule has 21 heavy (non-hydrogen) atoms. The molecular weight excluding hydrogens is 292 g/mol. The number of methoxy groups -OCH3 is 2. The van der Waals surface area contributed by atoms with Gasteiger partial charge < -0.3 is 14.6 Å². The molecule has 110 valence electrons. The Morgan fingerprint density at radius 3 is 2.33 bits per heavy atom. The van der Waals surface area contributed by atoms with Crippen molar-refractivity contribution in [1.82, 2.24) is 9.97 Å². The molecule has 0 bridgehead atoms. The number of carbonyl (C=O) groups is 1. The number of benzene rings is 1. The smallest absolute Gasteiger partial charge is 0.337 e. The van der Waals surface area contributed by atoms with Crippen LogP contribution >= 0.6 is 11.8 Å². The number of aryl methyl sites for hydroxylation is 1. The molecule has 0 aliphatic heterocycles. The average Bonchev–Trinajstić information content (AvgIpc) is 2.46. The van der Waals surface area contributed by atoms with Crippen molar-refractivity contribution in [2.45, 2.75) is 17.0 Å². The van der Waals surface area contributed by atoms with Crippen LogP contribution in [0.1, 0.15) is 15.9 Å². The van der Waals surface area contributed by atoms with Crippen LogP contribution < -0.4 is 9.47 Å². The highest BCUT2D eigenvalue weighted by molar-refractivity contribution is 7.99. The van der Waals surface area contributed by atoms with Crippen LogP contribution in [-0.4, -0.2) is 35.3 Å². The molecule has 0 atom stereocenters. The maximum absolute atomic E-state index is 11.4. The number of hydrogen-bond donors (Lipinski definition) is 1. The SMILES string of the molecule is COc1cc(OC)nc(Sc2cccc(C)c2C(=O)O)n1. The molecule has 0 aliphatic rings. The molecule has 2 aromatic rings. The summed E-state index contributed by atoms with van der Waals surface area (Å²) in [6.07, 6.45) is 0. The highest BCUT2D eigenvalue weighted by Crippen LogP contribution is 2.32. The van der Waals surface area contributed by atoms with Gasteiger partial charge >= 0.3 is 5.97 Å². The van der Waals surface area contributed by atoms with E-state index in [0.29, 0.717) is 27.4 Å². The first-order valence-electron chi connectivity index (χ1n) is 6.03. The van der Waals surface area contributed by atoms with E-state index in [-0.39, 0.29) is 5.56 Å². The van der Waals surface area contributed by atoms with Crippen LogP contribution in [0.15, 0.2) is 34.3 Å². The Bertz CT molecular complexity index is 654. The van der Waals surface area contributed by atoms with Crippen molar-refractivity contribution in [3.8, 4) is 11.8 Å². The lowest BCUT2D eigenvalue weighted by Gasteiger charge is -2.09. The van der Waals surface area contributed by atoms with Gasteiger partial charge in [-0.3, -0.25) is 0 Å². The third kappa shape index (κ3) is 3.43. The highest BCUT2D eigenvalue weighted by atomic mass is 32.2. The lowest BCUT2D eigenvalue weighted by atomic mass is 10.1. The van der Waals surface area contributed by atoms with Crippen LogP contribution in [0, 0.1) is 6.92 Å². The molecule has 1 N–H and O–H groups in total. The van der Waals surface area contributed by atoms with Crippen molar-refractivity contribution < 1.29 is 19.4 Å². The molecule has 1 aromatic carbocycles. The first-order chi connectivity index (χ1) is 10.0. The summed E-state index contributed by atoms with van der Waals surface area (Å²) >= 11 is 1.15. The lowest BCUT2D eigenvalue weighted by molar-refractivity contribution is 0.0692. The van der Waals surface area contributed by atoms with Gasteiger partial charge in [-0.05, 0) is 30.3 Å². The van der Waals surface area contributed by atoms with Crippen molar-refractivity contribution >= 4 is 17.7 Å². The average molecular weight is 306 g/mol. The van der Waals surface area contributed by atoms with Gasteiger partial charge in [0.2, 0.25) is 11.8 Å². The summed E-state index contributed by atoms with van der Waals surface area (Å²) in [5.41, 5.74) is 0.926. The fraction of sp³-hybridized carbons (Fsp3) is 0.214. The molecule has 0 unspecified atom stereocenters. The number of aromatic carboxylic acids is 1. The molecule has 0 amide bonds. The second kappa shape index (κ2) is 6.45. The van der Waals surface area contributed by atoms with E-state index in [1.54, 1.807) is 31.2 Å². The van der Waals surface area contributed by atoms with Crippen LogP contribution in [0.5, 0.6) is 11.8 Å². The Kier molecular flexibility index (Phi) is 4.64. The van der Waals surface area contributed by atoms with Gasteiger partial charge in [-0.15, -0.1) is 0 Å². The zero-order valence-corrected chi connectivity index (χ0v) is 12.6. The predicted molar refractivity (Wildman–Crippen MR) is 77.4 cm³/mol. The molecule has 1 heterocycles. The topological polar surface area (TPSA) is 81.5 Å². The van der Waals surface area contributed by atoms with Gasteiger partial charge in [0.25, 0.3) is 0 Å². The van der Waals surface area contributed by atoms with Gasteiger partial charge in [-0.25, -0.2) is 4.79 Å². The molecule has 0 saturated heterocycles. The summed E-state index contributed by atoms with van der Waals surface area (Å²) in [5, 5.41) is 9.68. The summed E-state index contributed by atoms with van der Waals surface area (Å²) in [6, 6.07) is 6.82. The van der Waals surface area contributed by atoms with Crippen molar-refractivity contribution in [2.75, 3.05) is 14.2 Å². The minimum Gasteiger partial charge on any atom is -0.481 e. The van der Waals surface area contributed by atoms with Gasteiger partial charge in [0.05, 0.1) is 25.8 Å². The Balaban J connectivity index is 2.43. The molecule has 2 rings (SSSR count). The number of aromatic nitrogens is 2. The predicted octanol–water partition coefficient (Wildman–Crippen LogP) is 2.65. The van der Waals surface area contributed by atoms with Crippen molar-refractivity contribution in [2.24, 2.45) is 0 Å². The quantitative estimate of drug-likeness (QED) is 0.850. The monoisotopic (exact) mass is 306 g/mol. The molecule has 1 aromatic heterocycles.